The van der Waals surface area contributed by atoms with Crippen LogP contribution >= 0.6 is 43.6 Å². The molecule has 1 atom stereocenters. The van der Waals surface area contributed by atoms with Crippen LogP contribution in [0.5, 0.6) is 0 Å². The van der Waals surface area contributed by atoms with Crippen LogP contribution in [0.3, 0.4) is 0 Å². The topological polar surface area (TPSA) is 26.0 Å². The van der Waals surface area contributed by atoms with Gasteiger partial charge in [-0.25, -0.2) is 0 Å². The Hall–Kier alpha value is -0.290. The maximum atomic E-state index is 6.10. The van der Waals surface area contributed by atoms with Gasteiger partial charge >= 0.3 is 0 Å². The van der Waals surface area contributed by atoms with Crippen molar-refractivity contribution in [1.82, 2.24) is 0 Å². The molecule has 20 heavy (non-hydrogen) atoms. The van der Waals surface area contributed by atoms with E-state index in [0.717, 1.165) is 21.8 Å². The van der Waals surface area contributed by atoms with Gasteiger partial charge in [-0.1, -0.05) is 56.6 Å². The van der Waals surface area contributed by atoms with Gasteiger partial charge in [-0.3, -0.25) is 0 Å². The molecule has 1 nitrogen and oxygen atoms in total. The van der Waals surface area contributed by atoms with Crippen molar-refractivity contribution in [2.24, 2.45) is 5.73 Å². The summed E-state index contributed by atoms with van der Waals surface area (Å²) in [6.45, 7) is 2.13. The van der Waals surface area contributed by atoms with Crippen LogP contribution in [0.1, 0.15) is 18.9 Å². The molecule has 2 rings (SSSR count). The molecule has 0 aliphatic heterocycles. The first-order chi connectivity index (χ1) is 9.58. The molecule has 0 aromatic heterocycles. The van der Waals surface area contributed by atoms with E-state index in [0.29, 0.717) is 0 Å². The number of hydrogen-bond acceptors (Lipinski definition) is 2. The summed E-state index contributed by atoms with van der Waals surface area (Å²) in [5.74, 6) is 0. The van der Waals surface area contributed by atoms with Gasteiger partial charge in [0, 0.05) is 24.8 Å². The fourth-order valence-electron chi connectivity index (χ4n) is 1.85. The number of benzene rings is 2. The number of halogens is 2. The number of hydrogen-bond donors (Lipinski definition) is 1. The molecule has 0 radical (unpaired) electrons. The Kier molecular flexibility index (Phi) is 6.15. The molecule has 2 aromatic rings. The highest BCUT2D eigenvalue weighted by atomic mass is 79.9. The Morgan fingerprint density at radius 1 is 1.05 bits per heavy atom. The lowest BCUT2D eigenvalue weighted by atomic mass is 10.1. The SMILES string of the molecule is CCC(N)Cc1ccc(Br)cc1Sc1ccc(Br)cc1. The summed E-state index contributed by atoms with van der Waals surface area (Å²) in [5.41, 5.74) is 7.41. The lowest BCUT2D eigenvalue weighted by molar-refractivity contribution is 0.641. The lowest BCUT2D eigenvalue weighted by Crippen LogP contribution is -2.21. The Bertz CT molecular complexity index is 569. The Morgan fingerprint density at radius 3 is 2.35 bits per heavy atom. The van der Waals surface area contributed by atoms with E-state index in [-0.39, 0.29) is 6.04 Å². The van der Waals surface area contributed by atoms with Crippen molar-refractivity contribution < 1.29 is 0 Å². The van der Waals surface area contributed by atoms with E-state index in [1.165, 1.54) is 15.4 Å². The summed E-state index contributed by atoms with van der Waals surface area (Å²) >= 11 is 8.80. The molecule has 4 heteroatoms. The second-order valence-electron chi connectivity index (χ2n) is 4.68. The molecular weight excluding hydrogens is 398 g/mol. The van der Waals surface area contributed by atoms with E-state index in [1.807, 2.05) is 0 Å². The second kappa shape index (κ2) is 7.64. The molecule has 0 saturated carbocycles. The molecule has 0 aliphatic rings. The number of rotatable bonds is 5. The first kappa shape index (κ1) is 16.1. The standard InChI is InChI=1S/C16H17Br2NS/c1-2-14(19)9-11-3-4-13(18)10-16(11)20-15-7-5-12(17)6-8-15/h3-8,10,14H,2,9,19H2,1H3. The van der Waals surface area contributed by atoms with Crippen LogP contribution in [0.15, 0.2) is 61.2 Å². The lowest BCUT2D eigenvalue weighted by Gasteiger charge is -2.13. The Morgan fingerprint density at radius 2 is 1.70 bits per heavy atom. The molecular formula is C16H17Br2NS. The maximum Gasteiger partial charge on any atom is 0.0186 e. The predicted molar refractivity (Wildman–Crippen MR) is 94.4 cm³/mol. The van der Waals surface area contributed by atoms with Crippen molar-refractivity contribution >= 4 is 43.6 Å². The zero-order valence-corrected chi connectivity index (χ0v) is 15.3. The average Bonchev–Trinajstić information content (AvgIpc) is 2.44. The van der Waals surface area contributed by atoms with Crippen molar-refractivity contribution in [1.29, 1.82) is 0 Å². The summed E-state index contributed by atoms with van der Waals surface area (Å²) in [7, 11) is 0. The molecule has 0 bridgehead atoms. The summed E-state index contributed by atoms with van der Waals surface area (Å²) in [5, 5.41) is 0. The third-order valence-corrected chi connectivity index (χ3v) is 5.21. The molecule has 2 aromatic carbocycles. The van der Waals surface area contributed by atoms with Crippen LogP contribution in [0.2, 0.25) is 0 Å². The molecule has 2 N–H and O–H groups in total. The van der Waals surface area contributed by atoms with Crippen LogP contribution in [0, 0.1) is 0 Å². The smallest absolute Gasteiger partial charge is 0.0186 e. The monoisotopic (exact) mass is 413 g/mol. The summed E-state index contributed by atoms with van der Waals surface area (Å²) in [6.07, 6.45) is 1.92. The van der Waals surface area contributed by atoms with Gasteiger partial charge in [0.25, 0.3) is 0 Å². The van der Waals surface area contributed by atoms with Crippen molar-refractivity contribution in [2.75, 3.05) is 0 Å². The van der Waals surface area contributed by atoms with E-state index >= 15 is 0 Å². The summed E-state index contributed by atoms with van der Waals surface area (Å²) in [6, 6.07) is 15.0. The predicted octanol–water partition coefficient (Wildman–Crippen LogP) is 5.64. The normalized spacial score (nSPS) is 12.4. The molecule has 0 aliphatic carbocycles. The van der Waals surface area contributed by atoms with E-state index in [4.69, 9.17) is 5.73 Å². The third-order valence-electron chi connectivity index (χ3n) is 3.08. The molecule has 106 valence electrons. The van der Waals surface area contributed by atoms with Crippen molar-refractivity contribution in [3.8, 4) is 0 Å². The zero-order chi connectivity index (χ0) is 14.5. The fraction of sp³-hybridized carbons (Fsp3) is 0.250. The van der Waals surface area contributed by atoms with Crippen LogP contribution < -0.4 is 5.73 Å². The molecule has 1 unspecified atom stereocenters. The highest BCUT2D eigenvalue weighted by Gasteiger charge is 2.09. The van der Waals surface area contributed by atoms with Gasteiger partial charge in [-0.2, -0.15) is 0 Å². The zero-order valence-electron chi connectivity index (χ0n) is 11.3. The minimum absolute atomic E-state index is 0.223. The van der Waals surface area contributed by atoms with Gasteiger partial charge in [0.15, 0.2) is 0 Å². The molecule has 0 spiro atoms. The van der Waals surface area contributed by atoms with Gasteiger partial charge < -0.3 is 5.73 Å². The van der Waals surface area contributed by atoms with Gasteiger partial charge in [-0.05, 0) is 54.8 Å². The maximum absolute atomic E-state index is 6.10. The second-order valence-corrected chi connectivity index (χ2v) is 7.63. The van der Waals surface area contributed by atoms with E-state index in [1.54, 1.807) is 11.8 Å². The van der Waals surface area contributed by atoms with Crippen molar-refractivity contribution in [3.05, 3.63) is 57.0 Å². The van der Waals surface area contributed by atoms with E-state index in [9.17, 15) is 0 Å². The highest BCUT2D eigenvalue weighted by Crippen LogP contribution is 2.33. The first-order valence-corrected chi connectivity index (χ1v) is 8.96. The molecule has 0 saturated heterocycles. The highest BCUT2D eigenvalue weighted by molar-refractivity contribution is 9.10. The number of nitrogens with two attached hydrogens (primary N) is 1. The van der Waals surface area contributed by atoms with E-state index < -0.39 is 0 Å². The Labute approximate surface area is 141 Å². The third kappa shape index (κ3) is 4.62. The van der Waals surface area contributed by atoms with Gasteiger partial charge in [0.1, 0.15) is 0 Å². The van der Waals surface area contributed by atoms with Crippen molar-refractivity contribution in [3.63, 3.8) is 0 Å². The fourth-order valence-corrected chi connectivity index (χ4v) is 3.62. The summed E-state index contributed by atoms with van der Waals surface area (Å²) < 4.78 is 2.20. The van der Waals surface area contributed by atoms with Crippen molar-refractivity contribution in [2.45, 2.75) is 35.6 Å². The summed E-state index contributed by atoms with van der Waals surface area (Å²) in [4.78, 5) is 2.50. The molecule has 0 amide bonds. The van der Waals surface area contributed by atoms with E-state index in [2.05, 4.69) is 81.2 Å². The van der Waals surface area contributed by atoms with Gasteiger partial charge in [-0.15, -0.1) is 0 Å². The van der Waals surface area contributed by atoms with Gasteiger partial charge in [0.05, 0.1) is 0 Å². The molecule has 0 heterocycles. The van der Waals surface area contributed by atoms with Crippen LogP contribution in [0.25, 0.3) is 0 Å². The minimum atomic E-state index is 0.223. The largest absolute Gasteiger partial charge is 0.327 e. The first-order valence-electron chi connectivity index (χ1n) is 6.56. The quantitative estimate of drug-likeness (QED) is 0.684. The van der Waals surface area contributed by atoms with Gasteiger partial charge in [0.2, 0.25) is 0 Å². The van der Waals surface area contributed by atoms with Crippen LogP contribution in [-0.4, -0.2) is 6.04 Å². The van der Waals surface area contributed by atoms with Crippen LogP contribution in [-0.2, 0) is 6.42 Å². The average molecular weight is 415 g/mol. The Balaban J connectivity index is 2.24. The minimum Gasteiger partial charge on any atom is -0.327 e. The molecule has 0 fully saturated rings. The van der Waals surface area contributed by atoms with Crippen LogP contribution in [0.4, 0.5) is 0 Å².